The molecule has 2 aliphatic carbocycles. The first-order valence-electron chi connectivity index (χ1n) is 9.99. The number of benzene rings is 1. The van der Waals surface area contributed by atoms with E-state index >= 15 is 0 Å². The largest absolute Gasteiger partial charge is 0.412 e. The number of rotatable bonds is 6. The monoisotopic (exact) mass is 462 g/mol. The third-order valence-corrected chi connectivity index (χ3v) is 6.02. The molecular formula is C22H24F6N2O2. The Morgan fingerprint density at radius 3 is 2.31 bits per heavy atom. The third kappa shape index (κ3) is 5.01. The average Bonchev–Trinajstić information content (AvgIpc) is 2.70. The van der Waals surface area contributed by atoms with Gasteiger partial charge in [-0.2, -0.15) is 26.3 Å². The maximum absolute atomic E-state index is 13.1. The zero-order valence-corrected chi connectivity index (χ0v) is 17.3. The van der Waals surface area contributed by atoms with Gasteiger partial charge in [0.15, 0.2) is 0 Å². The number of nitrogens with two attached hydrogens (primary N) is 1. The second kappa shape index (κ2) is 8.55. The molecule has 0 aliphatic heterocycles. The summed E-state index contributed by atoms with van der Waals surface area (Å²) in [5.41, 5.74) is 3.81. The van der Waals surface area contributed by atoms with E-state index in [1.165, 1.54) is 7.05 Å². The molecule has 176 valence electrons. The molecule has 2 aliphatic rings. The fourth-order valence-corrected chi connectivity index (χ4v) is 4.49. The number of nitrogens with one attached hydrogen (secondary N) is 1. The minimum Gasteiger partial charge on any atom is -0.376 e. The van der Waals surface area contributed by atoms with Crippen molar-refractivity contribution in [3.8, 4) is 0 Å². The lowest BCUT2D eigenvalue weighted by Gasteiger charge is -2.53. The molecule has 10 heteroatoms. The molecule has 4 nitrogen and oxygen atoms in total. The van der Waals surface area contributed by atoms with E-state index in [0.717, 1.165) is 17.7 Å². The Kier molecular flexibility index (Phi) is 6.50. The third-order valence-electron chi connectivity index (χ3n) is 6.02. The highest BCUT2D eigenvalue weighted by Crippen LogP contribution is 2.49. The van der Waals surface area contributed by atoms with Crippen LogP contribution in [-0.2, 0) is 14.9 Å². The van der Waals surface area contributed by atoms with E-state index < -0.39 is 47.8 Å². The highest BCUT2D eigenvalue weighted by Gasteiger charge is 2.57. The van der Waals surface area contributed by atoms with Gasteiger partial charge in [-0.3, -0.25) is 4.79 Å². The summed E-state index contributed by atoms with van der Waals surface area (Å²) in [5.74, 6) is -2.57. The Bertz CT molecular complexity index is 899. The predicted molar refractivity (Wildman–Crippen MR) is 106 cm³/mol. The molecule has 1 amide bonds. The van der Waals surface area contributed by atoms with Crippen molar-refractivity contribution in [1.29, 1.82) is 0 Å². The molecule has 1 atom stereocenters. The summed E-state index contributed by atoms with van der Waals surface area (Å²) in [6, 6.07) is 9.05. The summed E-state index contributed by atoms with van der Waals surface area (Å²) in [5, 5.41) is 2.51. The lowest BCUT2D eigenvalue weighted by atomic mass is 9.54. The molecule has 3 rings (SSSR count). The molecule has 3 N–H and O–H groups in total. The number of hydrogen-bond acceptors (Lipinski definition) is 3. The molecule has 1 unspecified atom stereocenters. The summed E-state index contributed by atoms with van der Waals surface area (Å²) in [6.45, 7) is -0.422. The van der Waals surface area contributed by atoms with Crippen LogP contribution in [0, 0.1) is 5.92 Å². The van der Waals surface area contributed by atoms with Crippen molar-refractivity contribution in [2.45, 2.75) is 42.6 Å². The van der Waals surface area contributed by atoms with E-state index in [2.05, 4.69) is 5.32 Å². The van der Waals surface area contributed by atoms with Crippen LogP contribution in [-0.4, -0.2) is 44.1 Å². The van der Waals surface area contributed by atoms with Crippen LogP contribution in [0.2, 0.25) is 0 Å². The van der Waals surface area contributed by atoms with Gasteiger partial charge in [0.2, 0.25) is 5.91 Å². The molecule has 0 radical (unpaired) electrons. The molecule has 32 heavy (non-hydrogen) atoms. The second-order valence-electron chi connectivity index (χ2n) is 8.49. The van der Waals surface area contributed by atoms with Crippen LogP contribution >= 0.6 is 0 Å². The fraction of sp³-hybridized carbons (Fsp3) is 0.500. The summed E-state index contributed by atoms with van der Waals surface area (Å²) in [4.78, 5) is 12.1. The van der Waals surface area contributed by atoms with E-state index in [1.54, 1.807) is 18.2 Å². The van der Waals surface area contributed by atoms with E-state index in [0.29, 0.717) is 0 Å². The zero-order chi connectivity index (χ0) is 23.8. The standard InChI is InChI=1S/C22H24F6N2O2/c1-30-18(31)20(29)11-19(12-20,15-5-3-2-4-6-15)13-32-10-14-7-16(21(23,24)25)9-17(8-14)22(26,27)28/h2-8,16H,9-13,29H2,1H3,(H,30,31). The number of amides is 1. The summed E-state index contributed by atoms with van der Waals surface area (Å²) >= 11 is 0. The number of hydrogen-bond donors (Lipinski definition) is 2. The molecule has 1 saturated carbocycles. The van der Waals surface area contributed by atoms with Crippen LogP contribution in [0.1, 0.15) is 24.8 Å². The lowest BCUT2D eigenvalue weighted by molar-refractivity contribution is -0.166. The quantitative estimate of drug-likeness (QED) is 0.624. The van der Waals surface area contributed by atoms with Gasteiger partial charge in [-0.25, -0.2) is 0 Å². The molecule has 0 heterocycles. The van der Waals surface area contributed by atoms with Gasteiger partial charge >= 0.3 is 12.4 Å². The molecule has 1 fully saturated rings. The lowest BCUT2D eigenvalue weighted by Crippen LogP contribution is -2.68. The normalized spacial score (nSPS) is 28.4. The average molecular weight is 462 g/mol. The first-order valence-corrected chi connectivity index (χ1v) is 9.99. The van der Waals surface area contributed by atoms with E-state index in [1.807, 2.05) is 12.1 Å². The van der Waals surface area contributed by atoms with Crippen molar-refractivity contribution in [2.24, 2.45) is 11.7 Å². The van der Waals surface area contributed by atoms with Gasteiger partial charge in [0.05, 0.1) is 24.7 Å². The molecular weight excluding hydrogens is 438 g/mol. The first kappa shape index (κ1) is 24.3. The first-order chi connectivity index (χ1) is 14.8. The fourth-order valence-electron chi connectivity index (χ4n) is 4.49. The van der Waals surface area contributed by atoms with Gasteiger partial charge in [-0.1, -0.05) is 36.4 Å². The van der Waals surface area contributed by atoms with Crippen LogP contribution in [0.3, 0.4) is 0 Å². The molecule has 0 saturated heterocycles. The highest BCUT2D eigenvalue weighted by atomic mass is 19.4. The Morgan fingerprint density at radius 1 is 1.16 bits per heavy atom. The summed E-state index contributed by atoms with van der Waals surface area (Å²) < 4.78 is 84.4. The molecule has 0 spiro atoms. The maximum Gasteiger partial charge on any atom is 0.412 e. The second-order valence-corrected chi connectivity index (χ2v) is 8.49. The van der Waals surface area contributed by atoms with Crippen molar-refractivity contribution in [2.75, 3.05) is 20.3 Å². The van der Waals surface area contributed by atoms with Gasteiger partial charge in [0, 0.05) is 18.0 Å². The Labute approximate surface area is 181 Å². The minimum atomic E-state index is -4.85. The highest BCUT2D eigenvalue weighted by molar-refractivity contribution is 5.87. The SMILES string of the molecule is CNC(=O)C1(N)CC(COCC2=CC(C(F)(F)F)CC(C(F)(F)F)=C2)(c2ccccc2)C1. The number of carbonyl (C=O) groups excluding carboxylic acids is 1. The van der Waals surface area contributed by atoms with Gasteiger partial charge in [-0.05, 0) is 36.5 Å². The Balaban J connectivity index is 1.76. The van der Waals surface area contributed by atoms with Crippen LogP contribution in [0.15, 0.2) is 53.6 Å². The number of halogens is 6. The molecule has 1 aromatic rings. The zero-order valence-electron chi connectivity index (χ0n) is 17.3. The van der Waals surface area contributed by atoms with Crippen LogP contribution in [0.5, 0.6) is 0 Å². The Hall–Kier alpha value is -2.33. The van der Waals surface area contributed by atoms with Gasteiger partial charge in [-0.15, -0.1) is 0 Å². The summed E-state index contributed by atoms with van der Waals surface area (Å²) in [7, 11) is 1.47. The maximum atomic E-state index is 13.1. The van der Waals surface area contributed by atoms with Crippen molar-refractivity contribution in [3.63, 3.8) is 0 Å². The van der Waals surface area contributed by atoms with Gasteiger partial charge in [0.25, 0.3) is 0 Å². The van der Waals surface area contributed by atoms with Crippen LogP contribution in [0.25, 0.3) is 0 Å². The van der Waals surface area contributed by atoms with E-state index in [9.17, 15) is 31.1 Å². The number of ether oxygens (including phenoxy) is 1. The molecule has 0 bridgehead atoms. The minimum absolute atomic E-state index is 0.00380. The van der Waals surface area contributed by atoms with Crippen LogP contribution < -0.4 is 11.1 Å². The smallest absolute Gasteiger partial charge is 0.376 e. The number of likely N-dealkylation sites (N-methyl/N-ethyl adjacent to an activating group) is 1. The molecule has 1 aromatic carbocycles. The topological polar surface area (TPSA) is 64.4 Å². The van der Waals surface area contributed by atoms with Crippen molar-refractivity contribution < 1.29 is 35.9 Å². The number of carbonyl (C=O) groups is 1. The van der Waals surface area contributed by atoms with Crippen molar-refractivity contribution in [1.82, 2.24) is 5.32 Å². The summed E-state index contributed by atoms with van der Waals surface area (Å²) in [6.07, 6.45) is -8.82. The van der Waals surface area contributed by atoms with Crippen LogP contribution in [0.4, 0.5) is 26.3 Å². The van der Waals surface area contributed by atoms with E-state index in [-0.39, 0.29) is 30.9 Å². The Morgan fingerprint density at radius 2 is 1.78 bits per heavy atom. The predicted octanol–water partition coefficient (Wildman–Crippen LogP) is 4.18. The van der Waals surface area contributed by atoms with E-state index in [4.69, 9.17) is 10.5 Å². The van der Waals surface area contributed by atoms with Gasteiger partial charge in [0.1, 0.15) is 0 Å². The van der Waals surface area contributed by atoms with Crippen molar-refractivity contribution in [3.05, 3.63) is 59.2 Å². The number of alkyl halides is 6. The van der Waals surface area contributed by atoms with Crippen molar-refractivity contribution >= 4 is 5.91 Å². The molecule has 0 aromatic heterocycles. The number of allylic oxidation sites excluding steroid dienone is 2. The van der Waals surface area contributed by atoms with Gasteiger partial charge < -0.3 is 15.8 Å².